The second-order valence-electron chi connectivity index (χ2n) is 7.01. The molecule has 3 rings (SSSR count). The third kappa shape index (κ3) is 2.90. The van der Waals surface area contributed by atoms with Crippen LogP contribution in [0, 0.1) is 17.8 Å². The Balaban J connectivity index is 1.56. The lowest BCUT2D eigenvalue weighted by molar-refractivity contribution is -0.138. The molecule has 3 fully saturated rings. The van der Waals surface area contributed by atoms with Gasteiger partial charge in [0.2, 0.25) is 5.91 Å². The molecule has 1 heterocycles. The van der Waals surface area contributed by atoms with Gasteiger partial charge in [0.25, 0.3) is 0 Å². The zero-order valence-corrected chi connectivity index (χ0v) is 12.4. The van der Waals surface area contributed by atoms with E-state index in [-0.39, 0.29) is 23.7 Å². The summed E-state index contributed by atoms with van der Waals surface area (Å²) >= 11 is 0. The van der Waals surface area contributed by atoms with Crippen LogP contribution in [0.2, 0.25) is 0 Å². The highest BCUT2D eigenvalue weighted by molar-refractivity contribution is 5.88. The van der Waals surface area contributed by atoms with Gasteiger partial charge in [0, 0.05) is 30.3 Å². The van der Waals surface area contributed by atoms with Crippen LogP contribution in [0.25, 0.3) is 0 Å². The fourth-order valence-corrected chi connectivity index (χ4v) is 4.30. The van der Waals surface area contributed by atoms with Crippen molar-refractivity contribution in [3.05, 3.63) is 0 Å². The van der Waals surface area contributed by atoms with Crippen molar-refractivity contribution in [1.29, 1.82) is 0 Å². The minimum atomic E-state index is 0.0789. The lowest BCUT2D eigenvalue weighted by atomic mass is 9.67. The van der Waals surface area contributed by atoms with Crippen LogP contribution in [-0.2, 0) is 9.59 Å². The van der Waals surface area contributed by atoms with E-state index in [0.717, 1.165) is 51.6 Å². The minimum absolute atomic E-state index is 0.0789. The number of likely N-dealkylation sites (tertiary alicyclic amines) is 1. The third-order valence-corrected chi connectivity index (χ3v) is 5.39. The summed E-state index contributed by atoms with van der Waals surface area (Å²) in [5.74, 6) is 1.07. The largest absolute Gasteiger partial charge is 0.352 e. The summed E-state index contributed by atoms with van der Waals surface area (Å²) in [4.78, 5) is 26.8. The number of likely N-dealkylation sites (N-methyl/N-ethyl adjacent to an activating group) is 1. The fourth-order valence-electron chi connectivity index (χ4n) is 4.30. The lowest BCUT2D eigenvalue weighted by Crippen LogP contribution is -2.50. The number of fused-ring (bicyclic) bond motifs is 2. The van der Waals surface area contributed by atoms with Gasteiger partial charge >= 0.3 is 0 Å². The van der Waals surface area contributed by atoms with E-state index in [4.69, 9.17) is 0 Å². The summed E-state index contributed by atoms with van der Waals surface area (Å²) in [5, 5.41) is 3.23. The predicted molar refractivity (Wildman–Crippen MR) is 77.2 cm³/mol. The minimum Gasteiger partial charge on any atom is -0.352 e. The average Bonchev–Trinajstić information content (AvgIpc) is 2.38. The molecular formula is C16H26N2O2. The third-order valence-electron chi connectivity index (χ3n) is 5.39. The molecule has 0 aromatic heterocycles. The van der Waals surface area contributed by atoms with Crippen molar-refractivity contribution >= 4 is 11.7 Å². The highest BCUT2D eigenvalue weighted by atomic mass is 16.2. The van der Waals surface area contributed by atoms with Crippen molar-refractivity contribution in [3.63, 3.8) is 0 Å². The van der Waals surface area contributed by atoms with Gasteiger partial charge in [-0.05, 0) is 52.1 Å². The first-order chi connectivity index (χ1) is 9.63. The number of amides is 1. The number of hydrogen-bond donors (Lipinski definition) is 1. The SMILES string of the molecule is CN1CCC[C@@H](NC(=O)C2C[C@H]3CCC[C@@H](C2)C3=O)C1. The Kier molecular flexibility index (Phi) is 4.11. The average molecular weight is 278 g/mol. The number of rotatable bonds is 2. The molecule has 1 saturated heterocycles. The van der Waals surface area contributed by atoms with Crippen LogP contribution in [0.3, 0.4) is 0 Å². The van der Waals surface area contributed by atoms with Gasteiger partial charge in [0.05, 0.1) is 0 Å². The Labute approximate surface area is 121 Å². The molecule has 112 valence electrons. The van der Waals surface area contributed by atoms with Crippen LogP contribution in [0.4, 0.5) is 0 Å². The maximum absolute atomic E-state index is 12.5. The summed E-state index contributed by atoms with van der Waals surface area (Å²) in [7, 11) is 2.11. The summed E-state index contributed by atoms with van der Waals surface area (Å²) in [5.41, 5.74) is 0. The number of carbonyl (C=O) groups excluding carboxylic acids is 2. The van der Waals surface area contributed by atoms with E-state index in [1.807, 2.05) is 0 Å². The first-order valence-corrected chi connectivity index (χ1v) is 8.16. The van der Waals surface area contributed by atoms with Gasteiger partial charge in [0.1, 0.15) is 5.78 Å². The molecule has 4 atom stereocenters. The van der Waals surface area contributed by atoms with Gasteiger partial charge in [0.15, 0.2) is 0 Å². The maximum Gasteiger partial charge on any atom is 0.223 e. The topological polar surface area (TPSA) is 49.4 Å². The van der Waals surface area contributed by atoms with E-state index >= 15 is 0 Å². The van der Waals surface area contributed by atoms with Gasteiger partial charge in [-0.1, -0.05) is 6.42 Å². The Hall–Kier alpha value is -0.900. The van der Waals surface area contributed by atoms with Crippen molar-refractivity contribution in [3.8, 4) is 0 Å². The molecule has 2 saturated carbocycles. The number of piperidine rings is 1. The molecule has 2 bridgehead atoms. The second-order valence-corrected chi connectivity index (χ2v) is 7.01. The molecule has 2 aliphatic carbocycles. The first kappa shape index (κ1) is 14.1. The van der Waals surface area contributed by atoms with Gasteiger partial charge in [-0.15, -0.1) is 0 Å². The first-order valence-electron chi connectivity index (χ1n) is 8.16. The standard InChI is InChI=1S/C16H26N2O2/c1-18-7-3-6-14(10-18)17-16(20)13-8-11-4-2-5-12(9-13)15(11)19/h11-14H,2-10H2,1H3,(H,17,20)/t11-,12+,13?,14-/m1/s1. The number of carbonyl (C=O) groups is 2. The number of ketones is 1. The molecule has 1 amide bonds. The Morgan fingerprint density at radius 2 is 1.85 bits per heavy atom. The molecule has 1 unspecified atom stereocenters. The van der Waals surface area contributed by atoms with Gasteiger partial charge in [-0.3, -0.25) is 9.59 Å². The van der Waals surface area contributed by atoms with E-state index in [9.17, 15) is 9.59 Å². The van der Waals surface area contributed by atoms with Crippen LogP contribution in [-0.4, -0.2) is 42.8 Å². The summed E-state index contributed by atoms with van der Waals surface area (Å²) < 4.78 is 0. The highest BCUT2D eigenvalue weighted by Gasteiger charge is 2.41. The zero-order chi connectivity index (χ0) is 14.1. The molecule has 3 aliphatic rings. The van der Waals surface area contributed by atoms with Crippen LogP contribution in [0.1, 0.15) is 44.9 Å². The van der Waals surface area contributed by atoms with Crippen molar-refractivity contribution in [2.45, 2.75) is 51.0 Å². The van der Waals surface area contributed by atoms with E-state index in [1.165, 1.54) is 6.42 Å². The number of nitrogens with zero attached hydrogens (tertiary/aromatic N) is 1. The van der Waals surface area contributed by atoms with Gasteiger partial charge in [-0.2, -0.15) is 0 Å². The molecular weight excluding hydrogens is 252 g/mol. The monoisotopic (exact) mass is 278 g/mol. The zero-order valence-electron chi connectivity index (χ0n) is 12.4. The molecule has 0 aromatic rings. The van der Waals surface area contributed by atoms with Crippen molar-refractivity contribution in [2.75, 3.05) is 20.1 Å². The van der Waals surface area contributed by atoms with Crippen molar-refractivity contribution in [1.82, 2.24) is 10.2 Å². The smallest absolute Gasteiger partial charge is 0.223 e. The molecule has 0 aromatic carbocycles. The number of nitrogens with one attached hydrogen (secondary N) is 1. The normalized spacial score (nSPS) is 38.5. The predicted octanol–water partition coefficient (Wildman–Crippen LogP) is 1.59. The number of hydrogen-bond acceptors (Lipinski definition) is 3. The summed E-state index contributed by atoms with van der Waals surface area (Å²) in [6.07, 6.45) is 7.03. The van der Waals surface area contributed by atoms with Crippen LogP contribution in [0.15, 0.2) is 0 Å². The number of Topliss-reactive ketones (excluding diaryl/α,β-unsaturated/α-hetero) is 1. The van der Waals surface area contributed by atoms with Crippen LogP contribution in [0.5, 0.6) is 0 Å². The summed E-state index contributed by atoms with van der Waals surface area (Å²) in [6, 6.07) is 0.304. The Bertz CT molecular complexity index is 380. The fraction of sp³-hybridized carbons (Fsp3) is 0.875. The quantitative estimate of drug-likeness (QED) is 0.834. The Morgan fingerprint density at radius 1 is 1.15 bits per heavy atom. The van der Waals surface area contributed by atoms with Crippen LogP contribution < -0.4 is 5.32 Å². The molecule has 1 aliphatic heterocycles. The lowest BCUT2D eigenvalue weighted by Gasteiger charge is -2.38. The van der Waals surface area contributed by atoms with Gasteiger partial charge in [-0.25, -0.2) is 0 Å². The second kappa shape index (κ2) is 5.84. The van der Waals surface area contributed by atoms with Crippen molar-refractivity contribution in [2.24, 2.45) is 17.8 Å². The van der Waals surface area contributed by atoms with E-state index in [0.29, 0.717) is 11.8 Å². The molecule has 4 heteroatoms. The van der Waals surface area contributed by atoms with E-state index in [2.05, 4.69) is 17.3 Å². The highest BCUT2D eigenvalue weighted by Crippen LogP contribution is 2.40. The molecule has 20 heavy (non-hydrogen) atoms. The van der Waals surface area contributed by atoms with Crippen molar-refractivity contribution < 1.29 is 9.59 Å². The molecule has 4 nitrogen and oxygen atoms in total. The molecule has 1 N–H and O–H groups in total. The molecule has 0 radical (unpaired) electrons. The maximum atomic E-state index is 12.5. The Morgan fingerprint density at radius 3 is 2.50 bits per heavy atom. The summed E-state index contributed by atoms with van der Waals surface area (Å²) in [6.45, 7) is 2.10. The van der Waals surface area contributed by atoms with Gasteiger partial charge < -0.3 is 10.2 Å². The molecule has 0 spiro atoms. The van der Waals surface area contributed by atoms with E-state index < -0.39 is 0 Å². The van der Waals surface area contributed by atoms with E-state index in [1.54, 1.807) is 0 Å². The van der Waals surface area contributed by atoms with Crippen LogP contribution >= 0.6 is 0 Å².